The molecule has 1 aliphatic rings. The first-order chi connectivity index (χ1) is 15.0. The lowest BCUT2D eigenvalue weighted by atomic mass is 10.1. The van der Waals surface area contributed by atoms with Crippen LogP contribution in [0.3, 0.4) is 0 Å². The van der Waals surface area contributed by atoms with Crippen LogP contribution in [-0.4, -0.2) is 49.4 Å². The fourth-order valence-electron chi connectivity index (χ4n) is 3.49. The van der Waals surface area contributed by atoms with Gasteiger partial charge in [-0.15, -0.1) is 0 Å². The van der Waals surface area contributed by atoms with Crippen LogP contribution in [-0.2, 0) is 0 Å². The smallest absolute Gasteiger partial charge is 0.261 e. The number of H-pyrrole nitrogens is 1. The van der Waals surface area contributed by atoms with Crippen molar-refractivity contribution in [2.24, 2.45) is 0 Å². The highest BCUT2D eigenvalue weighted by molar-refractivity contribution is 6.22. The topological polar surface area (TPSA) is 130 Å². The highest BCUT2D eigenvalue weighted by Crippen LogP contribution is 2.25. The van der Waals surface area contributed by atoms with E-state index in [0.29, 0.717) is 22.4 Å². The van der Waals surface area contributed by atoms with Crippen LogP contribution in [0, 0.1) is 0 Å². The average molecular weight is 414 g/mol. The quantitative estimate of drug-likeness (QED) is 0.490. The third kappa shape index (κ3) is 2.81. The maximum absolute atomic E-state index is 12.9. The summed E-state index contributed by atoms with van der Waals surface area (Å²) in [5.74, 6) is -1.31. The number of hydrogen-bond donors (Lipinski definition) is 2. The van der Waals surface area contributed by atoms with Gasteiger partial charge in [0.1, 0.15) is 5.39 Å². The number of rotatable bonds is 3. The third-order valence-electron chi connectivity index (χ3n) is 5.10. The van der Waals surface area contributed by atoms with Crippen LogP contribution in [0.2, 0.25) is 0 Å². The Bertz CT molecular complexity index is 1470. The summed E-state index contributed by atoms with van der Waals surface area (Å²) < 4.78 is 1.46. The lowest BCUT2D eigenvalue weighted by Crippen LogP contribution is -2.24. The van der Waals surface area contributed by atoms with Gasteiger partial charge in [-0.3, -0.25) is 24.1 Å². The maximum atomic E-state index is 12.9. The van der Waals surface area contributed by atoms with Gasteiger partial charge in [-0.05, 0) is 30.3 Å². The number of benzene rings is 2. The Morgan fingerprint density at radius 1 is 1.03 bits per heavy atom. The lowest BCUT2D eigenvalue weighted by molar-refractivity contribution is 0.0693. The molecule has 0 aliphatic carbocycles. The summed E-state index contributed by atoms with van der Waals surface area (Å²) in [6, 6.07) is 11.3. The van der Waals surface area contributed by atoms with Gasteiger partial charge in [-0.1, -0.05) is 12.1 Å². The normalized spacial score (nSPS) is 13.0. The summed E-state index contributed by atoms with van der Waals surface area (Å²) in [5, 5.41) is 7.35. The molecule has 31 heavy (non-hydrogen) atoms. The number of hydrogen-bond acceptors (Lipinski definition) is 6. The number of aromatic nitrogens is 4. The lowest BCUT2D eigenvalue weighted by Gasteiger charge is -2.12. The van der Waals surface area contributed by atoms with Crippen LogP contribution in [0.1, 0.15) is 31.1 Å². The number of nitrogens with one attached hydrogen (secondary N) is 2. The molecular weight excluding hydrogens is 400 g/mol. The number of anilines is 1. The second-order valence-electron chi connectivity index (χ2n) is 6.93. The number of amides is 3. The van der Waals surface area contributed by atoms with E-state index in [4.69, 9.17) is 0 Å². The number of nitrogens with zero attached hydrogens (tertiary/aromatic N) is 4. The van der Waals surface area contributed by atoms with Gasteiger partial charge in [0, 0.05) is 12.6 Å². The molecule has 10 heteroatoms. The predicted octanol–water partition coefficient (Wildman–Crippen LogP) is 1.59. The maximum Gasteiger partial charge on any atom is 0.261 e. The molecule has 4 aromatic rings. The van der Waals surface area contributed by atoms with E-state index < -0.39 is 17.7 Å². The van der Waals surface area contributed by atoms with E-state index in [0.717, 1.165) is 4.90 Å². The van der Waals surface area contributed by atoms with Crippen LogP contribution < -0.4 is 10.9 Å². The number of aromatic amines is 1. The van der Waals surface area contributed by atoms with Gasteiger partial charge in [-0.2, -0.15) is 5.10 Å². The Kier molecular flexibility index (Phi) is 4.00. The molecule has 0 atom stereocenters. The van der Waals surface area contributed by atoms with Crippen LogP contribution in [0.15, 0.2) is 59.8 Å². The van der Waals surface area contributed by atoms with Gasteiger partial charge in [0.2, 0.25) is 0 Å². The van der Waals surface area contributed by atoms with Gasteiger partial charge < -0.3 is 10.3 Å². The first-order valence-corrected chi connectivity index (χ1v) is 9.24. The highest BCUT2D eigenvalue weighted by Gasteiger charge is 2.33. The van der Waals surface area contributed by atoms with Crippen LogP contribution in [0.25, 0.3) is 16.7 Å². The SMILES string of the molecule is CN1C(=O)c2ccc(C(=O)Nc3ccccc3-n3ncc4c(=O)[nH]cnc43)cc2C1=O. The summed E-state index contributed by atoms with van der Waals surface area (Å²) in [4.78, 5) is 56.8. The molecular formula is C21H14N6O4. The third-order valence-corrected chi connectivity index (χ3v) is 5.10. The van der Waals surface area contributed by atoms with Crippen molar-refractivity contribution in [3.63, 3.8) is 0 Å². The zero-order valence-electron chi connectivity index (χ0n) is 16.1. The molecule has 1 aliphatic heterocycles. The van der Waals surface area contributed by atoms with Crippen molar-refractivity contribution in [2.75, 3.05) is 12.4 Å². The van der Waals surface area contributed by atoms with Crippen molar-refractivity contribution in [3.05, 3.63) is 82.0 Å². The Morgan fingerprint density at radius 3 is 2.65 bits per heavy atom. The molecule has 10 nitrogen and oxygen atoms in total. The Labute approximate surface area is 174 Å². The van der Waals surface area contributed by atoms with E-state index in [9.17, 15) is 19.2 Å². The summed E-state index contributed by atoms with van der Waals surface area (Å²) in [7, 11) is 1.40. The van der Waals surface area contributed by atoms with Crippen molar-refractivity contribution >= 4 is 34.4 Å². The van der Waals surface area contributed by atoms with Gasteiger partial charge in [0.05, 0.1) is 35.0 Å². The molecule has 2 aromatic carbocycles. The minimum atomic E-state index is -0.465. The Morgan fingerprint density at radius 2 is 1.81 bits per heavy atom. The molecule has 5 rings (SSSR count). The van der Waals surface area contributed by atoms with Crippen molar-refractivity contribution in [1.29, 1.82) is 0 Å². The minimum Gasteiger partial charge on any atom is -0.320 e. The van der Waals surface area contributed by atoms with Crippen molar-refractivity contribution < 1.29 is 14.4 Å². The molecule has 2 N–H and O–H groups in total. The van der Waals surface area contributed by atoms with E-state index in [1.54, 1.807) is 24.3 Å². The van der Waals surface area contributed by atoms with Gasteiger partial charge in [0.15, 0.2) is 5.65 Å². The number of fused-ring (bicyclic) bond motifs is 2. The molecule has 3 heterocycles. The zero-order chi connectivity index (χ0) is 21.7. The van der Waals surface area contributed by atoms with Gasteiger partial charge in [0.25, 0.3) is 23.3 Å². The van der Waals surface area contributed by atoms with Gasteiger partial charge in [-0.25, -0.2) is 9.67 Å². The zero-order valence-corrected chi connectivity index (χ0v) is 16.1. The second kappa shape index (κ2) is 6.73. The number of carbonyl (C=O) groups is 3. The Balaban J connectivity index is 1.52. The molecule has 152 valence electrons. The standard InChI is InChI=1S/C21H14N6O4/c1-26-20(30)12-7-6-11(8-13(12)21(26)31)18(28)25-15-4-2-3-5-16(15)27-17-14(9-24-27)19(29)23-10-22-17/h2-10H,1H3,(H,25,28)(H,22,23,29). The number of para-hydroxylation sites is 2. The summed E-state index contributed by atoms with van der Waals surface area (Å²) >= 11 is 0. The first kappa shape index (κ1) is 18.4. The largest absolute Gasteiger partial charge is 0.320 e. The number of carbonyl (C=O) groups excluding carboxylic acids is 3. The van der Waals surface area contributed by atoms with Crippen LogP contribution in [0.5, 0.6) is 0 Å². The average Bonchev–Trinajstić information content (AvgIpc) is 3.30. The van der Waals surface area contributed by atoms with E-state index in [-0.39, 0.29) is 22.2 Å². The monoisotopic (exact) mass is 414 g/mol. The van der Waals surface area contributed by atoms with E-state index in [2.05, 4.69) is 20.4 Å². The summed E-state index contributed by atoms with van der Waals surface area (Å²) in [5.41, 5.74) is 1.65. The Hall–Kier alpha value is -4.60. The minimum absolute atomic E-state index is 0.190. The summed E-state index contributed by atoms with van der Waals surface area (Å²) in [6.07, 6.45) is 2.68. The second-order valence-corrected chi connectivity index (χ2v) is 6.93. The first-order valence-electron chi connectivity index (χ1n) is 9.24. The molecule has 0 unspecified atom stereocenters. The molecule has 2 aromatic heterocycles. The molecule has 0 radical (unpaired) electrons. The fourth-order valence-corrected chi connectivity index (χ4v) is 3.49. The molecule has 3 amide bonds. The van der Waals surface area contributed by atoms with Crippen LogP contribution >= 0.6 is 0 Å². The number of imide groups is 1. The van der Waals surface area contributed by atoms with Crippen LogP contribution in [0.4, 0.5) is 5.69 Å². The van der Waals surface area contributed by atoms with Gasteiger partial charge >= 0.3 is 0 Å². The highest BCUT2D eigenvalue weighted by atomic mass is 16.2. The summed E-state index contributed by atoms with van der Waals surface area (Å²) in [6.45, 7) is 0. The fraction of sp³-hybridized carbons (Fsp3) is 0.0476. The van der Waals surface area contributed by atoms with E-state index in [1.165, 1.54) is 42.5 Å². The predicted molar refractivity (Wildman–Crippen MR) is 110 cm³/mol. The molecule has 0 spiro atoms. The van der Waals surface area contributed by atoms with E-state index >= 15 is 0 Å². The van der Waals surface area contributed by atoms with Crippen molar-refractivity contribution in [3.8, 4) is 5.69 Å². The molecule has 0 bridgehead atoms. The molecule has 0 fully saturated rings. The molecule has 0 saturated heterocycles. The van der Waals surface area contributed by atoms with Crippen molar-refractivity contribution in [1.82, 2.24) is 24.6 Å². The molecule has 0 saturated carbocycles. The van der Waals surface area contributed by atoms with E-state index in [1.807, 2.05) is 0 Å². The van der Waals surface area contributed by atoms with Crippen molar-refractivity contribution in [2.45, 2.75) is 0 Å².